The van der Waals surface area contributed by atoms with Gasteiger partial charge in [0.05, 0.1) is 38.4 Å². The fourth-order valence-electron chi connectivity index (χ4n) is 5.92. The lowest BCUT2D eigenvalue weighted by atomic mass is 9.93. The lowest BCUT2D eigenvalue weighted by molar-refractivity contribution is -0.265. The number of aryl methyl sites for hydroxylation is 2. The van der Waals surface area contributed by atoms with Gasteiger partial charge < -0.3 is 25.6 Å². The van der Waals surface area contributed by atoms with Gasteiger partial charge in [0.25, 0.3) is 5.91 Å². The van der Waals surface area contributed by atoms with Crippen molar-refractivity contribution in [3.8, 4) is 22.8 Å². The smallest absolute Gasteiger partial charge is 0.424 e. The maximum absolute atomic E-state index is 14.8. The number of hydrogen-bond acceptors (Lipinski definition) is 7. The molecule has 10 nitrogen and oxygen atoms in total. The number of pyridine rings is 1. The third-order valence-electron chi connectivity index (χ3n) is 8.47. The van der Waals surface area contributed by atoms with Gasteiger partial charge in [-0.05, 0) is 74.4 Å². The third-order valence-corrected chi connectivity index (χ3v) is 8.47. The van der Waals surface area contributed by atoms with E-state index in [0.717, 1.165) is 49.3 Å². The second kappa shape index (κ2) is 11.9. The van der Waals surface area contributed by atoms with Crippen LogP contribution >= 0.6 is 0 Å². The van der Waals surface area contributed by atoms with E-state index in [0.29, 0.717) is 16.5 Å². The highest BCUT2D eigenvalue weighted by Crippen LogP contribution is 2.43. The number of halogens is 3. The summed E-state index contributed by atoms with van der Waals surface area (Å²) >= 11 is 0. The van der Waals surface area contributed by atoms with Crippen molar-refractivity contribution >= 4 is 22.7 Å². The largest absolute Gasteiger partial charge is 0.494 e. The number of amides is 2. The summed E-state index contributed by atoms with van der Waals surface area (Å²) in [5.74, 6) is -1.29. The first-order valence-corrected chi connectivity index (χ1v) is 15.1. The first-order valence-electron chi connectivity index (χ1n) is 15.1. The molecule has 0 radical (unpaired) electrons. The Morgan fingerprint density at radius 2 is 1.89 bits per heavy atom. The van der Waals surface area contributed by atoms with Crippen molar-refractivity contribution in [2.24, 2.45) is 5.73 Å². The summed E-state index contributed by atoms with van der Waals surface area (Å²) in [6.07, 6.45) is 0.629. The van der Waals surface area contributed by atoms with Gasteiger partial charge in [0, 0.05) is 28.3 Å². The minimum Gasteiger partial charge on any atom is -0.494 e. The molecule has 46 heavy (non-hydrogen) atoms. The average Bonchev–Trinajstić information content (AvgIpc) is 3.60. The molecule has 4 aromatic rings. The molecule has 1 fully saturated rings. The van der Waals surface area contributed by atoms with Crippen LogP contribution in [0.2, 0.25) is 0 Å². The Morgan fingerprint density at radius 1 is 1.13 bits per heavy atom. The summed E-state index contributed by atoms with van der Waals surface area (Å²) in [5, 5.41) is 18.7. The SMILES string of the molecule is CCOc1c(CC(N)=O)cc([C@@](O)(CNC(=O)c2cc(OC)c3nn(C4CC4)cc3c2)C(F)(F)F)nc1-c1ccc2c(c1)CCC2. The van der Waals surface area contributed by atoms with Gasteiger partial charge in [-0.15, -0.1) is 0 Å². The molecule has 13 heteroatoms. The van der Waals surface area contributed by atoms with Crippen LogP contribution in [0.1, 0.15) is 65.0 Å². The van der Waals surface area contributed by atoms with Gasteiger partial charge in [-0.3, -0.25) is 14.3 Å². The number of carbonyl (C=O) groups excluding carboxylic acids is 2. The van der Waals surface area contributed by atoms with Gasteiger partial charge >= 0.3 is 6.18 Å². The second-order valence-electron chi connectivity index (χ2n) is 11.8. The molecule has 6 rings (SSSR count). The quantitative estimate of drug-likeness (QED) is 0.219. The first kappa shape index (κ1) is 31.3. The number of rotatable bonds is 11. The molecule has 0 unspecified atom stereocenters. The number of methoxy groups -OCH3 is 1. The number of hydrogen-bond donors (Lipinski definition) is 3. The third kappa shape index (κ3) is 5.86. The van der Waals surface area contributed by atoms with Crippen LogP contribution in [0.25, 0.3) is 22.2 Å². The van der Waals surface area contributed by atoms with E-state index in [2.05, 4.69) is 15.4 Å². The van der Waals surface area contributed by atoms with Crippen LogP contribution in [-0.2, 0) is 29.7 Å². The highest BCUT2D eigenvalue weighted by Gasteiger charge is 2.57. The summed E-state index contributed by atoms with van der Waals surface area (Å²) in [5.41, 5.74) is 4.28. The van der Waals surface area contributed by atoms with Crippen LogP contribution < -0.4 is 20.5 Å². The van der Waals surface area contributed by atoms with E-state index in [1.165, 1.54) is 19.2 Å². The molecule has 2 heterocycles. The maximum Gasteiger partial charge on any atom is 0.424 e. The van der Waals surface area contributed by atoms with Crippen LogP contribution in [0.4, 0.5) is 13.2 Å². The molecule has 2 aliphatic carbocycles. The molecule has 0 aliphatic heterocycles. The number of aromatic nitrogens is 3. The Morgan fingerprint density at radius 3 is 2.57 bits per heavy atom. The zero-order chi connectivity index (χ0) is 32.8. The predicted octanol–water partition coefficient (Wildman–Crippen LogP) is 4.54. The monoisotopic (exact) mass is 637 g/mol. The molecule has 0 bridgehead atoms. The normalized spacial score (nSPS) is 15.8. The minimum absolute atomic E-state index is 0.0251. The highest BCUT2D eigenvalue weighted by molar-refractivity contribution is 6.00. The van der Waals surface area contributed by atoms with Crippen molar-refractivity contribution in [2.75, 3.05) is 20.3 Å². The number of aliphatic hydroxyl groups is 1. The number of nitrogens with zero attached hydrogens (tertiary/aromatic N) is 3. The molecule has 2 aliphatic rings. The lowest BCUT2D eigenvalue weighted by Crippen LogP contribution is -2.51. The number of carbonyl (C=O) groups is 2. The fourth-order valence-corrected chi connectivity index (χ4v) is 5.92. The average molecular weight is 638 g/mol. The molecule has 0 saturated heterocycles. The predicted molar refractivity (Wildman–Crippen MR) is 163 cm³/mol. The summed E-state index contributed by atoms with van der Waals surface area (Å²) in [7, 11) is 1.41. The molecule has 2 aromatic heterocycles. The second-order valence-corrected chi connectivity index (χ2v) is 11.8. The van der Waals surface area contributed by atoms with E-state index in [-0.39, 0.29) is 41.0 Å². The van der Waals surface area contributed by atoms with Crippen LogP contribution in [0.15, 0.2) is 42.6 Å². The number of nitrogens with one attached hydrogen (secondary N) is 1. The van der Waals surface area contributed by atoms with Crippen LogP contribution in [0, 0.1) is 0 Å². The maximum atomic E-state index is 14.8. The summed E-state index contributed by atoms with van der Waals surface area (Å²) < 4.78 is 57.5. The molecule has 0 spiro atoms. The number of fused-ring (bicyclic) bond motifs is 2. The molecule has 1 saturated carbocycles. The van der Waals surface area contributed by atoms with Crippen molar-refractivity contribution < 1.29 is 37.3 Å². The van der Waals surface area contributed by atoms with Crippen molar-refractivity contribution in [2.45, 2.75) is 63.3 Å². The van der Waals surface area contributed by atoms with Gasteiger partial charge in [-0.25, -0.2) is 4.98 Å². The van der Waals surface area contributed by atoms with Gasteiger partial charge in [-0.2, -0.15) is 18.3 Å². The summed E-state index contributed by atoms with van der Waals surface area (Å²) in [6, 6.07) is 9.60. The van der Waals surface area contributed by atoms with Gasteiger partial charge in [0.1, 0.15) is 22.7 Å². The van der Waals surface area contributed by atoms with Crippen molar-refractivity contribution in [1.82, 2.24) is 20.1 Å². The number of primary amides is 1. The van der Waals surface area contributed by atoms with E-state index in [1.807, 2.05) is 12.1 Å². The molecule has 1 atom stereocenters. The Bertz CT molecular complexity index is 1830. The Labute approximate surface area is 262 Å². The molecule has 242 valence electrons. The molecule has 2 amide bonds. The minimum atomic E-state index is -5.29. The van der Waals surface area contributed by atoms with Crippen LogP contribution in [0.3, 0.4) is 0 Å². The van der Waals surface area contributed by atoms with E-state index in [1.54, 1.807) is 23.9 Å². The molecule has 4 N–H and O–H groups in total. The van der Waals surface area contributed by atoms with E-state index in [4.69, 9.17) is 15.2 Å². The highest BCUT2D eigenvalue weighted by atomic mass is 19.4. The van der Waals surface area contributed by atoms with Gasteiger partial charge in [0.15, 0.2) is 0 Å². The van der Waals surface area contributed by atoms with Crippen LogP contribution in [0.5, 0.6) is 11.5 Å². The van der Waals surface area contributed by atoms with Crippen LogP contribution in [-0.4, -0.2) is 58.1 Å². The van der Waals surface area contributed by atoms with Crippen molar-refractivity contribution in [1.29, 1.82) is 0 Å². The number of benzene rings is 2. The Kier molecular flexibility index (Phi) is 8.13. The number of alkyl halides is 3. The van der Waals surface area contributed by atoms with E-state index in [9.17, 15) is 27.9 Å². The van der Waals surface area contributed by atoms with Crippen molar-refractivity contribution in [3.63, 3.8) is 0 Å². The van der Waals surface area contributed by atoms with E-state index >= 15 is 0 Å². The number of ether oxygens (including phenoxy) is 2. The fraction of sp³-hybridized carbons (Fsp3) is 0.394. The molecule has 2 aromatic carbocycles. The standard InChI is InChI=1S/C33H34F3N5O5/c1-3-46-30-21(15-27(37)42)14-26(39-29(30)20-8-7-18-5-4-6-19(18)11-20)32(44,33(34,35)36)17-38-31(43)22-12-23-16-41(24-9-10-24)40-28(23)25(13-22)45-2/h7-8,11-14,16,24,44H,3-6,9-10,15,17H2,1-2H3,(H2,37,42)(H,38,43)/t32-/m0/s1. The zero-order valence-electron chi connectivity index (χ0n) is 25.4. The topological polar surface area (TPSA) is 142 Å². The zero-order valence-corrected chi connectivity index (χ0v) is 25.4. The van der Waals surface area contributed by atoms with Gasteiger partial charge in [-0.1, -0.05) is 12.1 Å². The molecular formula is C33H34F3N5O5. The number of nitrogens with two attached hydrogens (primary N) is 1. The Balaban J connectivity index is 1.39. The summed E-state index contributed by atoms with van der Waals surface area (Å²) in [4.78, 5) is 29.6. The lowest BCUT2D eigenvalue weighted by Gasteiger charge is -2.31. The van der Waals surface area contributed by atoms with Crippen molar-refractivity contribution in [3.05, 3.63) is 70.5 Å². The summed E-state index contributed by atoms with van der Waals surface area (Å²) in [6.45, 7) is 0.564. The molecular weight excluding hydrogens is 603 g/mol. The van der Waals surface area contributed by atoms with Gasteiger partial charge in [0.2, 0.25) is 11.5 Å². The first-order chi connectivity index (χ1) is 21.9. The Hall–Kier alpha value is -4.65. The van der Waals surface area contributed by atoms with E-state index < -0.39 is 42.3 Å².